The van der Waals surface area contributed by atoms with Crippen LogP contribution in [-0.2, 0) is 0 Å². The first-order valence-corrected chi connectivity index (χ1v) is 6.50. The highest BCUT2D eigenvalue weighted by atomic mass is 15.2. The molecule has 2 N–H and O–H groups in total. The van der Waals surface area contributed by atoms with Gasteiger partial charge in [0.25, 0.3) is 0 Å². The molecule has 1 rings (SSSR count). The van der Waals surface area contributed by atoms with E-state index in [1.54, 1.807) is 0 Å². The highest BCUT2D eigenvalue weighted by molar-refractivity contribution is 4.83. The first kappa shape index (κ1) is 13.0. The van der Waals surface area contributed by atoms with Crippen molar-refractivity contribution < 1.29 is 0 Å². The van der Waals surface area contributed by atoms with Crippen LogP contribution in [0.5, 0.6) is 0 Å². The molecule has 1 saturated carbocycles. The van der Waals surface area contributed by atoms with Crippen LogP contribution in [0.15, 0.2) is 0 Å². The van der Waals surface area contributed by atoms with Crippen LogP contribution in [-0.4, -0.2) is 30.1 Å². The molecule has 0 spiro atoms. The van der Waals surface area contributed by atoms with Crippen LogP contribution in [0, 0.1) is 11.8 Å². The number of nitrogens with two attached hydrogens (primary N) is 1. The maximum atomic E-state index is 5.91. The lowest BCUT2D eigenvalue weighted by Crippen LogP contribution is -2.46. The van der Waals surface area contributed by atoms with Gasteiger partial charge in [0, 0.05) is 25.2 Å². The first-order valence-electron chi connectivity index (χ1n) is 6.50. The molecule has 0 aliphatic heterocycles. The second-order valence-corrected chi connectivity index (χ2v) is 5.75. The average molecular weight is 212 g/mol. The molecular formula is C13H28N2. The molecule has 1 fully saturated rings. The SMILES string of the molecule is CC(C)CC(CN)N(CC1CC1)C(C)C. The molecule has 0 radical (unpaired) electrons. The Morgan fingerprint density at radius 3 is 2.13 bits per heavy atom. The summed E-state index contributed by atoms with van der Waals surface area (Å²) in [5, 5.41) is 0. The molecule has 0 aromatic rings. The number of hydrogen-bond donors (Lipinski definition) is 1. The molecule has 1 unspecified atom stereocenters. The summed E-state index contributed by atoms with van der Waals surface area (Å²) in [6, 6.07) is 1.23. The van der Waals surface area contributed by atoms with Crippen molar-refractivity contribution in [3.05, 3.63) is 0 Å². The van der Waals surface area contributed by atoms with E-state index in [2.05, 4.69) is 32.6 Å². The zero-order chi connectivity index (χ0) is 11.4. The lowest BCUT2D eigenvalue weighted by atomic mass is 10.0. The van der Waals surface area contributed by atoms with Gasteiger partial charge in [-0.25, -0.2) is 0 Å². The Bertz CT molecular complexity index is 173. The van der Waals surface area contributed by atoms with Gasteiger partial charge in [0.2, 0.25) is 0 Å². The molecule has 0 aromatic heterocycles. The van der Waals surface area contributed by atoms with Crippen molar-refractivity contribution in [3.63, 3.8) is 0 Å². The van der Waals surface area contributed by atoms with Gasteiger partial charge in [-0.3, -0.25) is 4.90 Å². The smallest absolute Gasteiger partial charge is 0.0223 e. The van der Waals surface area contributed by atoms with Gasteiger partial charge in [0.15, 0.2) is 0 Å². The highest BCUT2D eigenvalue weighted by Gasteiger charge is 2.29. The Balaban J connectivity index is 2.48. The van der Waals surface area contributed by atoms with Crippen molar-refractivity contribution in [1.82, 2.24) is 4.90 Å². The fourth-order valence-electron chi connectivity index (χ4n) is 2.29. The molecule has 1 atom stereocenters. The monoisotopic (exact) mass is 212 g/mol. The molecule has 0 aromatic carbocycles. The Kier molecular flexibility index (Phi) is 5.07. The standard InChI is InChI=1S/C13H28N2/c1-10(2)7-13(8-14)15(11(3)4)9-12-5-6-12/h10-13H,5-9,14H2,1-4H3. The van der Waals surface area contributed by atoms with Crippen molar-refractivity contribution in [2.45, 2.75) is 59.0 Å². The van der Waals surface area contributed by atoms with Crippen molar-refractivity contribution in [2.24, 2.45) is 17.6 Å². The number of nitrogens with zero attached hydrogens (tertiary/aromatic N) is 1. The third-order valence-electron chi connectivity index (χ3n) is 3.31. The van der Waals surface area contributed by atoms with Gasteiger partial charge in [-0.05, 0) is 44.9 Å². The molecule has 2 heteroatoms. The van der Waals surface area contributed by atoms with Crippen molar-refractivity contribution >= 4 is 0 Å². The minimum absolute atomic E-state index is 0.589. The molecule has 0 amide bonds. The Labute approximate surface area is 95.2 Å². The summed E-state index contributed by atoms with van der Waals surface area (Å²) in [6.45, 7) is 11.3. The molecule has 1 aliphatic rings. The van der Waals surface area contributed by atoms with Crippen molar-refractivity contribution in [3.8, 4) is 0 Å². The maximum absolute atomic E-state index is 5.91. The van der Waals surface area contributed by atoms with Gasteiger partial charge >= 0.3 is 0 Å². The van der Waals surface area contributed by atoms with Crippen LogP contribution in [0.3, 0.4) is 0 Å². The highest BCUT2D eigenvalue weighted by Crippen LogP contribution is 2.31. The summed E-state index contributed by atoms with van der Waals surface area (Å²) in [5.74, 6) is 1.72. The third-order valence-corrected chi connectivity index (χ3v) is 3.31. The van der Waals surface area contributed by atoms with Gasteiger partial charge in [0.05, 0.1) is 0 Å². The first-order chi connectivity index (χ1) is 7.04. The predicted octanol–water partition coefficient (Wildman–Crippen LogP) is 2.48. The minimum Gasteiger partial charge on any atom is -0.329 e. The van der Waals surface area contributed by atoms with Gasteiger partial charge < -0.3 is 5.73 Å². The summed E-state index contributed by atoms with van der Waals surface area (Å²) >= 11 is 0. The molecule has 90 valence electrons. The lowest BCUT2D eigenvalue weighted by molar-refractivity contribution is 0.132. The van der Waals surface area contributed by atoms with E-state index in [1.807, 2.05) is 0 Å². The van der Waals surface area contributed by atoms with E-state index in [4.69, 9.17) is 5.73 Å². The van der Waals surface area contributed by atoms with Crippen molar-refractivity contribution in [1.29, 1.82) is 0 Å². The normalized spacial score (nSPS) is 19.2. The van der Waals surface area contributed by atoms with E-state index in [-0.39, 0.29) is 0 Å². The molecular weight excluding hydrogens is 184 g/mol. The van der Waals surface area contributed by atoms with Gasteiger partial charge in [0.1, 0.15) is 0 Å². The van der Waals surface area contributed by atoms with Gasteiger partial charge in [-0.2, -0.15) is 0 Å². The summed E-state index contributed by atoms with van der Waals surface area (Å²) in [7, 11) is 0. The van der Waals surface area contributed by atoms with Crippen LogP contribution in [0.2, 0.25) is 0 Å². The zero-order valence-electron chi connectivity index (χ0n) is 10.9. The molecule has 0 heterocycles. The van der Waals surface area contributed by atoms with Crippen LogP contribution >= 0.6 is 0 Å². The summed E-state index contributed by atoms with van der Waals surface area (Å²) < 4.78 is 0. The Hall–Kier alpha value is -0.0800. The number of rotatable bonds is 7. The van der Waals surface area contributed by atoms with E-state index in [0.717, 1.165) is 18.4 Å². The Morgan fingerprint density at radius 1 is 1.20 bits per heavy atom. The second-order valence-electron chi connectivity index (χ2n) is 5.75. The number of hydrogen-bond acceptors (Lipinski definition) is 2. The van der Waals surface area contributed by atoms with Crippen LogP contribution in [0.4, 0.5) is 0 Å². The van der Waals surface area contributed by atoms with Crippen LogP contribution < -0.4 is 5.73 Å². The maximum Gasteiger partial charge on any atom is 0.0223 e. The summed E-state index contributed by atoms with van der Waals surface area (Å²) in [5.41, 5.74) is 5.91. The molecule has 1 aliphatic carbocycles. The zero-order valence-corrected chi connectivity index (χ0v) is 10.9. The topological polar surface area (TPSA) is 29.3 Å². The largest absolute Gasteiger partial charge is 0.329 e. The van der Waals surface area contributed by atoms with E-state index in [1.165, 1.54) is 25.8 Å². The average Bonchev–Trinajstić information content (AvgIpc) is 2.93. The molecule has 0 saturated heterocycles. The van der Waals surface area contributed by atoms with E-state index < -0.39 is 0 Å². The Morgan fingerprint density at radius 2 is 1.80 bits per heavy atom. The summed E-state index contributed by atoms with van der Waals surface area (Å²) in [4.78, 5) is 2.62. The van der Waals surface area contributed by atoms with E-state index in [0.29, 0.717) is 12.1 Å². The minimum atomic E-state index is 0.589. The van der Waals surface area contributed by atoms with E-state index in [9.17, 15) is 0 Å². The fourth-order valence-corrected chi connectivity index (χ4v) is 2.29. The van der Waals surface area contributed by atoms with Gasteiger partial charge in [-0.1, -0.05) is 13.8 Å². The lowest BCUT2D eigenvalue weighted by Gasteiger charge is -2.35. The van der Waals surface area contributed by atoms with Crippen molar-refractivity contribution in [2.75, 3.05) is 13.1 Å². The quantitative estimate of drug-likeness (QED) is 0.702. The van der Waals surface area contributed by atoms with Crippen LogP contribution in [0.1, 0.15) is 47.0 Å². The van der Waals surface area contributed by atoms with Gasteiger partial charge in [-0.15, -0.1) is 0 Å². The molecule has 15 heavy (non-hydrogen) atoms. The summed E-state index contributed by atoms with van der Waals surface area (Å²) in [6.07, 6.45) is 4.10. The van der Waals surface area contributed by atoms with Crippen LogP contribution in [0.25, 0.3) is 0 Å². The molecule has 0 bridgehead atoms. The predicted molar refractivity (Wildman–Crippen MR) is 66.9 cm³/mol. The second kappa shape index (κ2) is 5.86. The van der Waals surface area contributed by atoms with E-state index >= 15 is 0 Å². The molecule has 2 nitrogen and oxygen atoms in total. The fraction of sp³-hybridized carbons (Fsp3) is 1.00. The third kappa shape index (κ3) is 4.52.